The molecule has 1 atom stereocenters. The van der Waals surface area contributed by atoms with Gasteiger partial charge >= 0.3 is 17.9 Å². The summed E-state index contributed by atoms with van der Waals surface area (Å²) < 4.78 is 17.0. The lowest BCUT2D eigenvalue weighted by atomic mass is 10.0. The normalized spacial score (nSPS) is 12.3. The average molecular weight is 1160 g/mol. The monoisotopic (exact) mass is 1160 g/mol. The van der Waals surface area contributed by atoms with Crippen molar-refractivity contribution in [3.63, 3.8) is 0 Å². The summed E-state index contributed by atoms with van der Waals surface area (Å²) in [6, 6.07) is 0. The van der Waals surface area contributed by atoms with Crippen LogP contribution < -0.4 is 0 Å². The van der Waals surface area contributed by atoms with Crippen LogP contribution in [-0.2, 0) is 28.6 Å². The summed E-state index contributed by atoms with van der Waals surface area (Å²) in [6.07, 6.45) is 91.7. The Labute approximate surface area is 518 Å². The maximum atomic E-state index is 12.9. The summed E-state index contributed by atoms with van der Waals surface area (Å²) in [5.41, 5.74) is 0. The molecular formula is C77H142O6. The average Bonchev–Trinajstić information content (AvgIpc) is 3.48. The molecule has 6 nitrogen and oxygen atoms in total. The molecule has 0 amide bonds. The van der Waals surface area contributed by atoms with Gasteiger partial charge in [-0.25, -0.2) is 0 Å². The van der Waals surface area contributed by atoms with E-state index in [1.807, 2.05) is 0 Å². The minimum Gasteiger partial charge on any atom is -0.462 e. The summed E-state index contributed by atoms with van der Waals surface area (Å²) in [7, 11) is 0. The van der Waals surface area contributed by atoms with E-state index in [1.165, 1.54) is 276 Å². The molecule has 0 aliphatic heterocycles. The molecule has 0 fully saturated rings. The summed E-state index contributed by atoms with van der Waals surface area (Å²) in [5, 5.41) is 0. The zero-order valence-electron chi connectivity index (χ0n) is 56.0. The van der Waals surface area contributed by atoms with Gasteiger partial charge in [0.2, 0.25) is 0 Å². The van der Waals surface area contributed by atoms with Crippen molar-refractivity contribution in [1.29, 1.82) is 0 Å². The first-order valence-electron chi connectivity index (χ1n) is 37.1. The number of hydrogen-bond acceptors (Lipinski definition) is 6. The van der Waals surface area contributed by atoms with E-state index in [9.17, 15) is 14.4 Å². The lowest BCUT2D eigenvalue weighted by Gasteiger charge is -2.18. The Balaban J connectivity index is 4.09. The van der Waals surface area contributed by atoms with E-state index < -0.39 is 6.10 Å². The van der Waals surface area contributed by atoms with Crippen LogP contribution in [0.1, 0.15) is 406 Å². The molecule has 0 saturated heterocycles. The van der Waals surface area contributed by atoms with Gasteiger partial charge in [0, 0.05) is 19.3 Å². The standard InChI is InChI=1S/C77H142O6/c1-4-7-10-13-16-19-22-24-26-28-30-32-33-34-35-36-37-38-39-40-41-42-43-45-46-48-50-52-55-58-61-64-67-70-76(79)82-73-74(72-81-75(78)69-66-63-60-57-54-21-18-15-12-9-6-3)83-77(80)71-68-65-62-59-56-53-51-49-47-44-31-29-27-25-23-20-17-14-11-8-5-2/h8,11,17,20,25,27,31,44,74H,4-7,9-10,12-16,18-19,21-24,26,28-30,32-43,45-73H2,1-3H3/b11-8-,20-17-,27-25-,44-31-. The molecule has 0 heterocycles. The molecule has 486 valence electrons. The molecule has 6 heteroatoms. The molecule has 1 unspecified atom stereocenters. The molecule has 0 rings (SSSR count). The van der Waals surface area contributed by atoms with Crippen molar-refractivity contribution in [3.8, 4) is 0 Å². The molecule has 0 spiro atoms. The number of unbranched alkanes of at least 4 members (excludes halogenated alkanes) is 50. The van der Waals surface area contributed by atoms with Crippen molar-refractivity contribution in [2.75, 3.05) is 13.2 Å². The minimum absolute atomic E-state index is 0.0712. The highest BCUT2D eigenvalue weighted by atomic mass is 16.6. The number of allylic oxidation sites excluding steroid dienone is 8. The number of carbonyl (C=O) groups excluding carboxylic acids is 3. The summed E-state index contributed by atoms with van der Waals surface area (Å²) in [4.78, 5) is 38.4. The van der Waals surface area contributed by atoms with Gasteiger partial charge < -0.3 is 14.2 Å². The molecule has 83 heavy (non-hydrogen) atoms. The molecule has 0 aliphatic rings. The molecule has 0 aromatic heterocycles. The topological polar surface area (TPSA) is 78.9 Å². The third-order valence-corrected chi connectivity index (χ3v) is 16.8. The van der Waals surface area contributed by atoms with E-state index in [2.05, 4.69) is 69.4 Å². The Morgan fingerprint density at radius 2 is 0.470 bits per heavy atom. The zero-order chi connectivity index (χ0) is 59.9. The van der Waals surface area contributed by atoms with Crippen LogP contribution in [-0.4, -0.2) is 37.2 Å². The molecule has 0 radical (unpaired) electrons. The number of ether oxygens (including phenoxy) is 3. The van der Waals surface area contributed by atoms with Crippen LogP contribution in [0.5, 0.6) is 0 Å². The third-order valence-electron chi connectivity index (χ3n) is 16.8. The molecule has 0 aromatic carbocycles. The van der Waals surface area contributed by atoms with Crippen LogP contribution in [0, 0.1) is 0 Å². The fourth-order valence-corrected chi connectivity index (χ4v) is 11.3. The second kappa shape index (κ2) is 71.8. The SMILES string of the molecule is CC/C=C\C/C=C\C/C=C\C/C=C\CCCCCCCCCCC(=O)OC(COC(=O)CCCCCCCCCCCCC)COC(=O)CCCCCCCCCCCCCCCCCCCCCCCCCCCCCCCCCCC. The minimum atomic E-state index is -0.775. The number of carbonyl (C=O) groups is 3. The third kappa shape index (κ3) is 70.0. The van der Waals surface area contributed by atoms with Gasteiger partial charge in [0.1, 0.15) is 13.2 Å². The smallest absolute Gasteiger partial charge is 0.306 e. The molecule has 0 aliphatic carbocycles. The van der Waals surface area contributed by atoms with Crippen LogP contribution in [0.2, 0.25) is 0 Å². The van der Waals surface area contributed by atoms with E-state index in [0.717, 1.165) is 89.9 Å². The first-order chi connectivity index (χ1) is 41.0. The Morgan fingerprint density at radius 3 is 0.735 bits per heavy atom. The number of rotatable bonds is 69. The highest BCUT2D eigenvalue weighted by Crippen LogP contribution is 2.19. The summed E-state index contributed by atoms with van der Waals surface area (Å²) >= 11 is 0. The Kier molecular flexibility index (Phi) is 69.6. The van der Waals surface area contributed by atoms with Crippen LogP contribution in [0.3, 0.4) is 0 Å². The van der Waals surface area contributed by atoms with Crippen LogP contribution >= 0.6 is 0 Å². The van der Waals surface area contributed by atoms with Crippen LogP contribution in [0.4, 0.5) is 0 Å². The van der Waals surface area contributed by atoms with Crippen molar-refractivity contribution in [2.24, 2.45) is 0 Å². The molecule has 0 N–H and O–H groups in total. The van der Waals surface area contributed by atoms with Crippen molar-refractivity contribution in [3.05, 3.63) is 48.6 Å². The predicted molar refractivity (Wildman–Crippen MR) is 362 cm³/mol. The number of hydrogen-bond donors (Lipinski definition) is 0. The van der Waals surface area contributed by atoms with Gasteiger partial charge in [-0.1, -0.05) is 378 Å². The predicted octanol–water partition coefficient (Wildman–Crippen LogP) is 25.7. The van der Waals surface area contributed by atoms with E-state index in [0.29, 0.717) is 19.3 Å². The maximum absolute atomic E-state index is 12.9. The van der Waals surface area contributed by atoms with Gasteiger partial charge in [-0.15, -0.1) is 0 Å². The van der Waals surface area contributed by atoms with Crippen molar-refractivity contribution < 1.29 is 28.6 Å². The lowest BCUT2D eigenvalue weighted by Crippen LogP contribution is -2.30. The van der Waals surface area contributed by atoms with Crippen LogP contribution in [0.15, 0.2) is 48.6 Å². The maximum Gasteiger partial charge on any atom is 0.306 e. The Hall–Kier alpha value is -2.63. The summed E-state index contributed by atoms with van der Waals surface area (Å²) in [5.74, 6) is -0.854. The highest BCUT2D eigenvalue weighted by Gasteiger charge is 2.20. The fraction of sp³-hybridized carbons (Fsp3) is 0.857. The zero-order valence-corrected chi connectivity index (χ0v) is 56.0. The molecule has 0 bridgehead atoms. The largest absolute Gasteiger partial charge is 0.462 e. The van der Waals surface area contributed by atoms with E-state index in [4.69, 9.17) is 14.2 Å². The molecule has 0 aromatic rings. The molecular weight excluding hydrogens is 1020 g/mol. The van der Waals surface area contributed by atoms with Gasteiger partial charge in [-0.3, -0.25) is 14.4 Å². The van der Waals surface area contributed by atoms with Gasteiger partial charge in [-0.05, 0) is 57.8 Å². The van der Waals surface area contributed by atoms with Crippen molar-refractivity contribution >= 4 is 17.9 Å². The second-order valence-electron chi connectivity index (χ2n) is 25.2. The summed E-state index contributed by atoms with van der Waals surface area (Å²) in [6.45, 7) is 6.58. The van der Waals surface area contributed by atoms with E-state index in [-0.39, 0.29) is 31.1 Å². The highest BCUT2D eigenvalue weighted by molar-refractivity contribution is 5.71. The second-order valence-corrected chi connectivity index (χ2v) is 25.2. The number of esters is 3. The Bertz CT molecular complexity index is 1430. The molecule has 0 saturated carbocycles. The van der Waals surface area contributed by atoms with Crippen molar-refractivity contribution in [1.82, 2.24) is 0 Å². The fourth-order valence-electron chi connectivity index (χ4n) is 11.3. The van der Waals surface area contributed by atoms with Gasteiger partial charge in [0.15, 0.2) is 6.10 Å². The van der Waals surface area contributed by atoms with Gasteiger partial charge in [0.25, 0.3) is 0 Å². The van der Waals surface area contributed by atoms with Crippen LogP contribution in [0.25, 0.3) is 0 Å². The van der Waals surface area contributed by atoms with Gasteiger partial charge in [0.05, 0.1) is 0 Å². The first-order valence-corrected chi connectivity index (χ1v) is 37.1. The van der Waals surface area contributed by atoms with Gasteiger partial charge in [-0.2, -0.15) is 0 Å². The Morgan fingerprint density at radius 1 is 0.253 bits per heavy atom. The quantitative estimate of drug-likeness (QED) is 0.0261. The lowest BCUT2D eigenvalue weighted by molar-refractivity contribution is -0.167. The first kappa shape index (κ1) is 80.4. The van der Waals surface area contributed by atoms with E-state index in [1.54, 1.807) is 0 Å². The van der Waals surface area contributed by atoms with Crippen molar-refractivity contribution in [2.45, 2.75) is 412 Å². The van der Waals surface area contributed by atoms with E-state index >= 15 is 0 Å².